The molecule has 1 heterocycles. The van der Waals surface area contributed by atoms with Gasteiger partial charge in [-0.3, -0.25) is 14.9 Å². The summed E-state index contributed by atoms with van der Waals surface area (Å²) in [6.07, 6.45) is 1.04. The number of amides is 1. The number of ether oxygens (including phenoxy) is 1. The van der Waals surface area contributed by atoms with E-state index >= 15 is 0 Å². The van der Waals surface area contributed by atoms with Gasteiger partial charge in [0.2, 0.25) is 0 Å². The Morgan fingerprint density at radius 2 is 1.85 bits per heavy atom. The second-order valence-electron chi connectivity index (χ2n) is 11.5. The molecule has 1 aliphatic carbocycles. The van der Waals surface area contributed by atoms with Gasteiger partial charge in [0.05, 0.1) is 11.1 Å². The van der Waals surface area contributed by atoms with Crippen molar-refractivity contribution in [3.8, 4) is 0 Å². The summed E-state index contributed by atoms with van der Waals surface area (Å²) >= 11 is 0. The fourth-order valence-corrected chi connectivity index (χ4v) is 6.37. The van der Waals surface area contributed by atoms with Crippen LogP contribution in [0.1, 0.15) is 76.7 Å². The summed E-state index contributed by atoms with van der Waals surface area (Å²) in [5.74, 6) is -2.07. The Kier molecular flexibility index (Phi) is 7.46. The predicted octanol–water partition coefficient (Wildman–Crippen LogP) is 5.71. The molecule has 0 spiro atoms. The zero-order chi connectivity index (χ0) is 28.8. The minimum atomic E-state index is -4.30. The summed E-state index contributed by atoms with van der Waals surface area (Å²) < 4.78 is 35.8. The maximum absolute atomic E-state index is 14.2. The van der Waals surface area contributed by atoms with Gasteiger partial charge < -0.3 is 10.1 Å². The number of benzene rings is 2. The van der Waals surface area contributed by atoms with E-state index in [1.807, 2.05) is 19.1 Å². The number of anilines is 2. The van der Waals surface area contributed by atoms with Gasteiger partial charge in [-0.25, -0.2) is 4.79 Å². The maximum atomic E-state index is 14.2. The van der Waals surface area contributed by atoms with Crippen LogP contribution in [0.2, 0.25) is 0 Å². The van der Waals surface area contributed by atoms with Crippen molar-refractivity contribution in [2.75, 3.05) is 10.6 Å². The van der Waals surface area contributed by atoms with E-state index < -0.39 is 38.8 Å². The lowest BCUT2D eigenvalue weighted by atomic mass is 9.60. The van der Waals surface area contributed by atoms with Gasteiger partial charge in [0.25, 0.3) is 10.0 Å². The quantitative estimate of drug-likeness (QED) is 0.438. The molecule has 10 heteroatoms. The Hall–Kier alpha value is -3.53. The molecule has 39 heavy (non-hydrogen) atoms. The molecule has 2 unspecified atom stereocenters. The Balaban J connectivity index is 1.73. The molecule has 0 saturated carbocycles. The lowest BCUT2D eigenvalue weighted by Gasteiger charge is -2.41. The molecule has 2 atom stereocenters. The number of carbonyl (C=O) groups excluding carboxylic acids is 3. The summed E-state index contributed by atoms with van der Waals surface area (Å²) in [6, 6.07) is 11.3. The van der Waals surface area contributed by atoms with Crippen molar-refractivity contribution in [2.45, 2.75) is 76.7 Å². The van der Waals surface area contributed by atoms with Crippen LogP contribution in [0.15, 0.2) is 51.8 Å². The van der Waals surface area contributed by atoms with Crippen molar-refractivity contribution in [2.24, 2.45) is 16.2 Å². The lowest BCUT2D eigenvalue weighted by Crippen LogP contribution is -2.52. The highest BCUT2D eigenvalue weighted by molar-refractivity contribution is 7.90. The fourth-order valence-electron chi connectivity index (χ4n) is 5.18. The minimum absolute atomic E-state index is 0.165. The Morgan fingerprint density at radius 1 is 1.15 bits per heavy atom. The molecular formula is C29H35N3O6S. The first-order valence-electron chi connectivity index (χ1n) is 13.1. The molecule has 0 bridgehead atoms. The molecule has 2 aromatic rings. The molecular weight excluding hydrogens is 518 g/mol. The number of nitrogens with zero attached hydrogens (tertiary/aromatic N) is 1. The van der Waals surface area contributed by atoms with Crippen molar-refractivity contribution < 1.29 is 27.5 Å². The number of Topliss-reactive ketones (excluding diaryl/α,β-unsaturated/α-hetero) is 2. The monoisotopic (exact) mass is 553 g/mol. The van der Waals surface area contributed by atoms with Gasteiger partial charge in [-0.2, -0.15) is 8.42 Å². The number of fused-ring (bicyclic) bond motifs is 2. The zero-order valence-electron chi connectivity index (χ0n) is 23.1. The van der Waals surface area contributed by atoms with E-state index in [0.717, 1.165) is 6.42 Å². The number of sulfonamides is 1. The van der Waals surface area contributed by atoms with E-state index in [1.54, 1.807) is 32.9 Å². The number of rotatable bonds is 6. The maximum Gasteiger partial charge on any atom is 0.412 e. The van der Waals surface area contributed by atoms with Gasteiger partial charge in [0.15, 0.2) is 11.6 Å². The van der Waals surface area contributed by atoms with E-state index in [0.29, 0.717) is 29.9 Å². The van der Waals surface area contributed by atoms with Crippen LogP contribution in [0.5, 0.6) is 0 Å². The summed E-state index contributed by atoms with van der Waals surface area (Å²) in [5, 5.41) is 5.46. The lowest BCUT2D eigenvalue weighted by molar-refractivity contribution is -0.126. The van der Waals surface area contributed by atoms with Crippen molar-refractivity contribution in [3.63, 3.8) is 0 Å². The number of carbonyl (C=O) groups is 3. The molecule has 9 nitrogen and oxygen atoms in total. The Labute approximate surface area is 229 Å². The number of nitrogens with one attached hydrogen (secondary N) is 2. The normalized spacial score (nSPS) is 21.9. The average Bonchev–Trinajstić information content (AvgIpc) is 2.83. The molecule has 2 N–H and O–H groups in total. The molecule has 0 fully saturated rings. The number of amidine groups is 1. The molecule has 0 radical (unpaired) electrons. The standard InChI is InChI=1S/C29H35N3O6S/c1-7-29(15-14-17(2)3)20-11-9-8-10-19(20)24(33)23(25(29)34)26-31-21-13-12-18(16-22(21)39(36,37)32-26)30-27(35)38-28(4,5)6/h8-13,16-17,23H,7,14-15H2,1-6H3,(H,30,35)(H,31,32). The second kappa shape index (κ2) is 10.2. The first kappa shape index (κ1) is 28.5. The highest BCUT2D eigenvalue weighted by Crippen LogP contribution is 2.45. The highest BCUT2D eigenvalue weighted by Gasteiger charge is 2.53. The smallest absolute Gasteiger partial charge is 0.412 e. The molecule has 2 aliphatic rings. The van der Waals surface area contributed by atoms with Crippen LogP contribution in [0, 0.1) is 11.8 Å². The predicted molar refractivity (Wildman–Crippen MR) is 150 cm³/mol. The zero-order valence-corrected chi connectivity index (χ0v) is 23.9. The van der Waals surface area contributed by atoms with Crippen molar-refractivity contribution in [1.82, 2.24) is 0 Å². The number of hydrogen-bond donors (Lipinski definition) is 2. The van der Waals surface area contributed by atoms with Crippen molar-refractivity contribution in [3.05, 3.63) is 53.6 Å². The average molecular weight is 554 g/mol. The SMILES string of the molecule is CCC1(CCC(C)C)C(=O)C(C2=NS(=O)(=O)c3cc(NC(=O)OC(C)(C)C)ccc3N2)C(=O)c2ccccc21. The van der Waals surface area contributed by atoms with Crippen LogP contribution in [-0.4, -0.2) is 37.5 Å². The van der Waals surface area contributed by atoms with E-state index in [9.17, 15) is 22.8 Å². The van der Waals surface area contributed by atoms with E-state index in [2.05, 4.69) is 28.9 Å². The molecule has 0 saturated heterocycles. The second-order valence-corrected chi connectivity index (χ2v) is 13.1. The topological polar surface area (TPSA) is 131 Å². The van der Waals surface area contributed by atoms with Crippen LogP contribution in [0.25, 0.3) is 0 Å². The summed E-state index contributed by atoms with van der Waals surface area (Å²) in [6.45, 7) is 11.2. The molecule has 4 rings (SSSR count). The summed E-state index contributed by atoms with van der Waals surface area (Å²) in [5.41, 5.74) is -0.197. The fraction of sp³-hybridized carbons (Fsp3) is 0.448. The first-order valence-corrected chi connectivity index (χ1v) is 14.6. The van der Waals surface area contributed by atoms with Gasteiger partial charge in [0, 0.05) is 11.3 Å². The van der Waals surface area contributed by atoms with Crippen LogP contribution in [-0.2, 0) is 25.0 Å². The van der Waals surface area contributed by atoms with E-state index in [-0.39, 0.29) is 27.9 Å². The van der Waals surface area contributed by atoms with E-state index in [1.165, 1.54) is 18.2 Å². The third kappa shape index (κ3) is 5.48. The van der Waals surface area contributed by atoms with Crippen LogP contribution in [0.4, 0.5) is 16.2 Å². The molecule has 0 aromatic heterocycles. The Bertz CT molecular complexity index is 1470. The molecule has 208 valence electrons. The van der Waals surface area contributed by atoms with E-state index in [4.69, 9.17) is 4.74 Å². The van der Waals surface area contributed by atoms with Crippen LogP contribution in [0.3, 0.4) is 0 Å². The van der Waals surface area contributed by atoms with Gasteiger partial charge in [-0.1, -0.05) is 45.0 Å². The van der Waals surface area contributed by atoms with Gasteiger partial charge in [0.1, 0.15) is 22.3 Å². The van der Waals surface area contributed by atoms with Gasteiger partial charge in [-0.05, 0) is 69.7 Å². The number of ketones is 2. The van der Waals surface area contributed by atoms with Crippen LogP contribution < -0.4 is 10.6 Å². The Morgan fingerprint density at radius 3 is 2.49 bits per heavy atom. The van der Waals surface area contributed by atoms with Gasteiger partial charge in [-0.15, -0.1) is 4.40 Å². The molecule has 1 amide bonds. The van der Waals surface area contributed by atoms with Crippen molar-refractivity contribution >= 4 is 44.9 Å². The van der Waals surface area contributed by atoms with Gasteiger partial charge >= 0.3 is 6.09 Å². The minimum Gasteiger partial charge on any atom is -0.444 e. The summed E-state index contributed by atoms with van der Waals surface area (Å²) in [7, 11) is -4.30. The third-order valence-electron chi connectivity index (χ3n) is 7.12. The van der Waals surface area contributed by atoms with Crippen molar-refractivity contribution in [1.29, 1.82) is 0 Å². The third-order valence-corrected chi connectivity index (χ3v) is 8.45. The number of hydrogen-bond acceptors (Lipinski definition) is 7. The highest BCUT2D eigenvalue weighted by atomic mass is 32.2. The van der Waals surface area contributed by atoms with Crippen LogP contribution >= 0.6 is 0 Å². The molecule has 2 aromatic carbocycles. The largest absolute Gasteiger partial charge is 0.444 e. The summed E-state index contributed by atoms with van der Waals surface area (Å²) in [4.78, 5) is 39.9. The first-order chi connectivity index (χ1) is 18.2. The molecule has 1 aliphatic heterocycles.